The summed E-state index contributed by atoms with van der Waals surface area (Å²) in [6, 6.07) is 27.3. The molecule has 13 heteroatoms. The second-order valence-electron chi connectivity index (χ2n) is 8.20. The maximum atomic E-state index is 12.6. The summed E-state index contributed by atoms with van der Waals surface area (Å²) in [6.45, 7) is 0.993. The van der Waals surface area contributed by atoms with Crippen molar-refractivity contribution in [3.05, 3.63) is 113 Å². The molecule has 0 atom stereocenters. The normalized spacial score (nSPS) is 11.2. The minimum absolute atomic E-state index is 0.0215. The predicted molar refractivity (Wildman–Crippen MR) is 145 cm³/mol. The summed E-state index contributed by atoms with van der Waals surface area (Å²) in [4.78, 5) is 23.0. The van der Waals surface area contributed by atoms with E-state index in [9.17, 15) is 31.5 Å². The number of anilines is 2. The molecule has 4 aromatic rings. The topological polar surface area (TPSA) is 124 Å². The van der Waals surface area contributed by atoms with Gasteiger partial charge in [0.05, 0.1) is 11.3 Å². The number of sulfonamides is 1. The first kappa shape index (κ1) is 30.2. The van der Waals surface area contributed by atoms with Crippen molar-refractivity contribution >= 4 is 44.7 Å². The van der Waals surface area contributed by atoms with Gasteiger partial charge in [0.15, 0.2) is 0 Å². The maximum absolute atomic E-state index is 12.6. The molecule has 4 rings (SSSR count). The second kappa shape index (κ2) is 13.1. The Bertz CT molecular complexity index is 1490. The van der Waals surface area contributed by atoms with Crippen LogP contribution in [0.2, 0.25) is 0 Å². The van der Waals surface area contributed by atoms with Gasteiger partial charge in [-0.25, -0.2) is 18.0 Å². The number of hydrogen-bond donors (Lipinski definition) is 3. The summed E-state index contributed by atoms with van der Waals surface area (Å²) in [5.74, 6) is -3.89. The Morgan fingerprint density at radius 3 is 1.77 bits per heavy atom. The van der Waals surface area contributed by atoms with Crippen LogP contribution in [0, 0.1) is 0 Å². The summed E-state index contributed by atoms with van der Waals surface area (Å²) in [5, 5.41) is 18.7. The Hall–Kier alpha value is -4.36. The molecule has 210 valence electrons. The van der Waals surface area contributed by atoms with E-state index < -0.39 is 28.1 Å². The SMILES string of the molecule is O=C(O)C(F)(F)F.O=C(O)c1cc(NS(=O)(=O)c2cccs2)ccc1N(Cc1ccccc1)Cc1ccccc1. The Morgan fingerprint density at radius 2 is 1.35 bits per heavy atom. The van der Waals surface area contributed by atoms with Gasteiger partial charge in [0.25, 0.3) is 10.0 Å². The quantitative estimate of drug-likeness (QED) is 0.215. The molecule has 0 aliphatic heterocycles. The van der Waals surface area contributed by atoms with Gasteiger partial charge in [-0.15, -0.1) is 11.3 Å². The van der Waals surface area contributed by atoms with Gasteiger partial charge in [0.2, 0.25) is 0 Å². The van der Waals surface area contributed by atoms with E-state index in [4.69, 9.17) is 9.90 Å². The second-order valence-corrected chi connectivity index (χ2v) is 11.1. The van der Waals surface area contributed by atoms with Gasteiger partial charge >= 0.3 is 18.1 Å². The van der Waals surface area contributed by atoms with Crippen molar-refractivity contribution in [3.63, 3.8) is 0 Å². The van der Waals surface area contributed by atoms with Crippen molar-refractivity contribution in [1.29, 1.82) is 0 Å². The van der Waals surface area contributed by atoms with Gasteiger partial charge < -0.3 is 15.1 Å². The molecule has 0 saturated heterocycles. The number of carboxylic acid groups (broad SMARTS) is 2. The molecule has 3 N–H and O–H groups in total. The molecular formula is C27H23F3N2O6S2. The van der Waals surface area contributed by atoms with E-state index in [1.165, 1.54) is 12.1 Å². The number of aliphatic carboxylic acids is 1. The van der Waals surface area contributed by atoms with Crippen molar-refractivity contribution in [1.82, 2.24) is 0 Å². The van der Waals surface area contributed by atoms with E-state index in [0.29, 0.717) is 18.8 Å². The highest BCUT2D eigenvalue weighted by molar-refractivity contribution is 7.94. The molecule has 0 unspecified atom stereocenters. The van der Waals surface area contributed by atoms with Crippen molar-refractivity contribution in [3.8, 4) is 0 Å². The summed E-state index contributed by atoms with van der Waals surface area (Å²) in [5.41, 5.74) is 2.80. The molecule has 1 aromatic heterocycles. The summed E-state index contributed by atoms with van der Waals surface area (Å²) < 4.78 is 59.6. The predicted octanol–water partition coefficient (Wildman–Crippen LogP) is 6.09. The number of nitrogens with zero attached hydrogens (tertiary/aromatic N) is 1. The number of alkyl halides is 3. The van der Waals surface area contributed by atoms with Gasteiger partial charge in [0, 0.05) is 18.8 Å². The van der Waals surface area contributed by atoms with Crippen LogP contribution in [0.5, 0.6) is 0 Å². The molecule has 0 radical (unpaired) electrons. The first-order chi connectivity index (χ1) is 18.9. The van der Waals surface area contributed by atoms with Gasteiger partial charge in [-0.1, -0.05) is 66.7 Å². The number of rotatable bonds is 9. The average molecular weight is 593 g/mol. The lowest BCUT2D eigenvalue weighted by atomic mass is 10.1. The van der Waals surface area contributed by atoms with E-state index in [-0.39, 0.29) is 15.5 Å². The smallest absolute Gasteiger partial charge is 0.478 e. The number of benzene rings is 3. The zero-order valence-corrected chi connectivity index (χ0v) is 22.2. The Morgan fingerprint density at radius 1 is 0.825 bits per heavy atom. The van der Waals surface area contributed by atoms with Crippen LogP contribution >= 0.6 is 11.3 Å². The number of carbonyl (C=O) groups is 2. The van der Waals surface area contributed by atoms with Gasteiger partial charge in [-0.3, -0.25) is 4.72 Å². The van der Waals surface area contributed by atoms with Crippen LogP contribution in [-0.4, -0.2) is 36.7 Å². The standard InChI is InChI=1S/C25H22N2O4S2.C2HF3O2/c28-25(29)22-16-21(26-33(30,31)24-12-7-15-32-24)13-14-23(22)27(17-19-8-3-1-4-9-19)18-20-10-5-2-6-11-20;3-2(4,5)1(6)7/h1-16,26H,17-18H2,(H,28,29);(H,6,7). The first-order valence-corrected chi connectivity index (χ1v) is 13.8. The highest BCUT2D eigenvalue weighted by atomic mass is 32.2. The fourth-order valence-corrected chi connectivity index (χ4v) is 5.54. The van der Waals surface area contributed by atoms with Crippen molar-refractivity contribution in [2.24, 2.45) is 0 Å². The summed E-state index contributed by atoms with van der Waals surface area (Å²) >= 11 is 1.10. The minimum Gasteiger partial charge on any atom is -0.478 e. The Kier molecular flexibility index (Phi) is 9.91. The molecule has 3 aromatic carbocycles. The number of nitrogens with one attached hydrogen (secondary N) is 1. The van der Waals surface area contributed by atoms with Crippen LogP contribution in [0.4, 0.5) is 24.5 Å². The van der Waals surface area contributed by atoms with E-state index >= 15 is 0 Å². The van der Waals surface area contributed by atoms with Crippen LogP contribution in [0.25, 0.3) is 0 Å². The number of aromatic carboxylic acids is 1. The fourth-order valence-electron chi connectivity index (χ4n) is 3.50. The Balaban J connectivity index is 0.000000559. The van der Waals surface area contributed by atoms with E-state index in [1.807, 2.05) is 65.6 Å². The monoisotopic (exact) mass is 592 g/mol. The molecule has 0 aliphatic rings. The molecule has 0 saturated carbocycles. The molecule has 0 aliphatic carbocycles. The maximum Gasteiger partial charge on any atom is 0.490 e. The highest BCUT2D eigenvalue weighted by Gasteiger charge is 2.38. The zero-order valence-electron chi connectivity index (χ0n) is 20.6. The van der Waals surface area contributed by atoms with Crippen molar-refractivity contribution < 1.29 is 41.4 Å². The third-order valence-corrected chi connectivity index (χ3v) is 8.03. The summed E-state index contributed by atoms with van der Waals surface area (Å²) in [6.07, 6.45) is -5.08. The minimum atomic E-state index is -5.08. The number of thiophene rings is 1. The molecular weight excluding hydrogens is 569 g/mol. The van der Waals surface area contributed by atoms with Crippen molar-refractivity contribution in [2.45, 2.75) is 23.5 Å². The van der Waals surface area contributed by atoms with Crippen LogP contribution < -0.4 is 9.62 Å². The third kappa shape index (κ3) is 8.58. The lowest BCUT2D eigenvalue weighted by Crippen LogP contribution is -2.24. The number of carboxylic acids is 2. The van der Waals surface area contributed by atoms with Crippen molar-refractivity contribution in [2.75, 3.05) is 9.62 Å². The molecule has 0 spiro atoms. The number of halogens is 3. The fraction of sp³-hybridized carbons (Fsp3) is 0.111. The molecule has 0 bridgehead atoms. The van der Waals surface area contributed by atoms with Gasteiger partial charge in [-0.2, -0.15) is 13.2 Å². The largest absolute Gasteiger partial charge is 0.490 e. The molecule has 40 heavy (non-hydrogen) atoms. The molecule has 0 fully saturated rings. The van der Waals surface area contributed by atoms with Crippen LogP contribution in [0.15, 0.2) is 101 Å². The van der Waals surface area contributed by atoms with E-state index in [1.54, 1.807) is 23.6 Å². The Labute approximate surface area is 232 Å². The van der Waals surface area contributed by atoms with Crippen LogP contribution in [0.3, 0.4) is 0 Å². The summed E-state index contributed by atoms with van der Waals surface area (Å²) in [7, 11) is -3.78. The molecule has 0 amide bonds. The van der Waals surface area contributed by atoms with Gasteiger partial charge in [-0.05, 0) is 40.8 Å². The lowest BCUT2D eigenvalue weighted by molar-refractivity contribution is -0.192. The average Bonchev–Trinajstić information content (AvgIpc) is 3.46. The highest BCUT2D eigenvalue weighted by Crippen LogP contribution is 2.29. The van der Waals surface area contributed by atoms with E-state index in [2.05, 4.69) is 4.72 Å². The first-order valence-electron chi connectivity index (χ1n) is 11.4. The molecule has 8 nitrogen and oxygen atoms in total. The van der Waals surface area contributed by atoms with Gasteiger partial charge in [0.1, 0.15) is 4.21 Å². The number of hydrogen-bond acceptors (Lipinski definition) is 6. The van der Waals surface area contributed by atoms with Crippen LogP contribution in [-0.2, 0) is 27.9 Å². The van der Waals surface area contributed by atoms with Crippen LogP contribution in [0.1, 0.15) is 21.5 Å². The molecule has 1 heterocycles. The third-order valence-electron chi connectivity index (χ3n) is 5.25. The lowest BCUT2D eigenvalue weighted by Gasteiger charge is -2.27. The zero-order chi connectivity index (χ0) is 29.3. The van der Waals surface area contributed by atoms with E-state index in [0.717, 1.165) is 22.5 Å².